The highest BCUT2D eigenvalue weighted by Crippen LogP contribution is 2.17. The number of hydrogen-bond donors (Lipinski definition) is 26. The molecule has 129 heavy (non-hydrogen) atoms. The van der Waals surface area contributed by atoms with Crippen LogP contribution >= 0.6 is 0 Å². The Hall–Kier alpha value is -9.86. The molecule has 17 atom stereocenters. The first kappa shape index (κ1) is 119. The summed E-state index contributed by atoms with van der Waals surface area (Å²) < 4.78 is 0. The van der Waals surface area contributed by atoms with E-state index in [4.69, 9.17) is 51.6 Å². The number of aliphatic carboxylic acids is 1. The Labute approximate surface area is 760 Å². The van der Waals surface area contributed by atoms with Gasteiger partial charge in [0.1, 0.15) is 96.7 Å². The summed E-state index contributed by atoms with van der Waals surface area (Å²) in [6.07, 6.45) is 5.58. The van der Waals surface area contributed by atoms with Gasteiger partial charge in [0.2, 0.25) is 100 Å². The maximum atomic E-state index is 14.6. The highest BCUT2D eigenvalue weighted by Gasteiger charge is 2.39. The summed E-state index contributed by atoms with van der Waals surface area (Å²) in [7, 11) is 0. The molecule has 0 bridgehead atoms. The molecule has 0 aliphatic heterocycles. The van der Waals surface area contributed by atoms with E-state index in [1.807, 2.05) is 0 Å². The first-order valence-electron chi connectivity index (χ1n) is 45.8. The van der Waals surface area contributed by atoms with Crippen LogP contribution in [0.4, 0.5) is 0 Å². The van der Waals surface area contributed by atoms with Crippen LogP contribution in [0.5, 0.6) is 0 Å². The van der Waals surface area contributed by atoms with Crippen molar-refractivity contribution >= 4 is 106 Å². The summed E-state index contributed by atoms with van der Waals surface area (Å²) in [5.74, 6) is -15.9. The number of unbranched alkanes of at least 4 members (excludes halogenated alkanes) is 7. The Morgan fingerprint density at radius 3 is 0.527 bits per heavy atom. The predicted molar refractivity (Wildman–Crippen MR) is 487 cm³/mol. The van der Waals surface area contributed by atoms with E-state index in [-0.39, 0.29) is 134 Å². The molecule has 0 aromatic carbocycles. The first-order chi connectivity index (χ1) is 60.8. The number of hydrogen-bond acceptors (Lipinski definition) is 26. The molecule has 0 aliphatic carbocycles. The van der Waals surface area contributed by atoms with Crippen molar-refractivity contribution in [2.24, 2.45) is 75.3 Å². The monoisotopic (exact) mass is 1840 g/mol. The molecule has 0 unspecified atom stereocenters. The first-order valence-corrected chi connectivity index (χ1v) is 45.8. The van der Waals surface area contributed by atoms with Gasteiger partial charge in [-0.15, -0.1) is 0 Å². The number of amides is 17. The van der Waals surface area contributed by atoms with Gasteiger partial charge in [-0.25, -0.2) is 0 Å². The summed E-state index contributed by atoms with van der Waals surface area (Å²) in [5, 5.41) is 51.4. The number of carbonyl (C=O) groups excluding carboxylic acids is 17. The van der Waals surface area contributed by atoms with Crippen molar-refractivity contribution in [3.05, 3.63) is 0 Å². The lowest BCUT2D eigenvalue weighted by Gasteiger charge is -2.28. The van der Waals surface area contributed by atoms with Crippen molar-refractivity contribution in [3.63, 3.8) is 0 Å². The Morgan fingerprint density at radius 1 is 0.209 bits per heavy atom. The van der Waals surface area contributed by atoms with Crippen molar-refractivity contribution < 1.29 is 91.4 Å². The van der Waals surface area contributed by atoms with Crippen LogP contribution in [0.3, 0.4) is 0 Å². The Bertz CT molecular complexity index is 3510. The van der Waals surface area contributed by atoms with Gasteiger partial charge in [-0.05, 0) is 265 Å². The molecule has 35 N–H and O–H groups in total. The van der Waals surface area contributed by atoms with Crippen molar-refractivity contribution in [1.82, 2.24) is 85.1 Å². The van der Waals surface area contributed by atoms with Crippen molar-refractivity contribution in [1.29, 1.82) is 0 Å². The molecular formula is C85H161N25O19. The van der Waals surface area contributed by atoms with E-state index < -0.39 is 216 Å². The number of primary amides is 1. The second kappa shape index (κ2) is 66.5. The minimum Gasteiger partial charge on any atom is -0.481 e. The number of nitrogens with two attached hydrogens (primary N) is 9. The van der Waals surface area contributed by atoms with Crippen LogP contribution in [-0.2, 0) is 86.3 Å². The second-order valence-electron chi connectivity index (χ2n) is 34.9. The molecular weight excluding hydrogens is 1680 g/mol. The minimum absolute atomic E-state index is 0.00322. The van der Waals surface area contributed by atoms with E-state index in [0.717, 1.165) is 0 Å². The van der Waals surface area contributed by atoms with E-state index in [1.54, 1.807) is 55.4 Å². The fourth-order valence-corrected chi connectivity index (χ4v) is 13.5. The SMILES string of the molecule is CC(C)C[C@H](NC(=O)[C@H](CCCCN)NC(=O)[C@H](C)NC(=O)[C@H](CC(C)C)NC(=O)[C@H](CCCCN)NC(=O)[C@H](CCCCN)NC(=O)[C@H](C)NC(=O)[C@H](CC(C)C)NC(=O)[C@H](CCCCN)NC(=O)[C@H](C)NC(=O)[C@H](CC(C)C)NC(=O)[C@H](CCCCN)NC(=O)[C@@H](N)CC(=O)O)C(=O)N[C@@H](C)C(=O)N[C@@H](CCCCN)C(=O)N[C@@H](C)C(=O)N[C@@H](CCCCN)C(N)=O. The molecule has 44 heteroatoms. The zero-order valence-corrected chi connectivity index (χ0v) is 78.5. The van der Waals surface area contributed by atoms with Crippen molar-refractivity contribution in [2.75, 3.05) is 45.8 Å². The standard InChI is InChI=1S/C85H161N25O19/c1-47(2)42-64(82(126)96-52(10)71(115)101-58(29-15-22-36-87)76(120)95-51(9)70(114)100-57(69(94)113)28-14-21-35-86)107-78(122)60(31-17-24-38-89)104-74(118)55(13)99-85(129)67(45-50(7)8)110-81(125)63(34-20-27-41-92)106-77(121)59(30-16-23-37-88)102-72(116)53(11)97-83(127)65(43-48(3)4)108-79(123)61(32-18-25-39-90)103-73(117)54(12)98-84(128)66(44-49(5)6)109-80(124)62(33-19-26-40-91)105-75(119)56(93)46-68(111)112/h47-67H,14-46,86-93H2,1-13H3,(H2,94,113)(H,95,120)(H,96,126)(H,97,127)(H,98,128)(H,99,129)(H,100,114)(H,101,115)(H,102,116)(H,103,117)(H,104,118)(H,105,119)(H,106,121)(H,107,122)(H,108,123)(H,109,124)(H,110,125)(H,111,112)/t51-,52-,53-,54-,55-,56-,57-,58-,59-,60-,61-,62-,63-,64-,65-,66-,67-/m0/s1. The predicted octanol–water partition coefficient (Wildman–Crippen LogP) is -4.78. The van der Waals surface area contributed by atoms with Gasteiger partial charge < -0.3 is 142 Å². The van der Waals surface area contributed by atoms with Crippen LogP contribution in [0, 0.1) is 23.7 Å². The summed E-state index contributed by atoms with van der Waals surface area (Å²) >= 11 is 0. The van der Waals surface area contributed by atoms with Crippen molar-refractivity contribution in [2.45, 2.75) is 360 Å². The highest BCUT2D eigenvalue weighted by atomic mass is 16.4. The molecule has 44 nitrogen and oxygen atoms in total. The number of carboxylic acid groups (broad SMARTS) is 1. The Kier molecular flexibility index (Phi) is 61.4. The van der Waals surface area contributed by atoms with Gasteiger partial charge in [0.15, 0.2) is 0 Å². The van der Waals surface area contributed by atoms with Gasteiger partial charge >= 0.3 is 5.97 Å². The molecule has 0 radical (unpaired) electrons. The topological polar surface area (TPSA) is 754 Å². The number of carbonyl (C=O) groups is 18. The summed E-state index contributed by atoms with van der Waals surface area (Å²) in [6.45, 7) is 22.8. The molecule has 740 valence electrons. The maximum absolute atomic E-state index is 14.6. The van der Waals surface area contributed by atoms with Gasteiger partial charge in [-0.2, -0.15) is 0 Å². The van der Waals surface area contributed by atoms with Crippen LogP contribution in [0.1, 0.15) is 257 Å². The Morgan fingerprint density at radius 2 is 0.357 bits per heavy atom. The number of nitrogens with one attached hydrogen (secondary N) is 16. The molecule has 0 rings (SSSR count). The molecule has 17 amide bonds. The van der Waals surface area contributed by atoms with Gasteiger partial charge in [-0.1, -0.05) is 55.4 Å². The Balaban J connectivity index is 6.83. The second-order valence-corrected chi connectivity index (χ2v) is 34.9. The van der Waals surface area contributed by atoms with E-state index in [0.29, 0.717) is 96.4 Å². The largest absolute Gasteiger partial charge is 0.481 e. The quantitative estimate of drug-likeness (QED) is 0.0254. The summed E-state index contributed by atoms with van der Waals surface area (Å²) in [4.78, 5) is 248. The molecule has 0 aromatic rings. The average molecular weight is 1840 g/mol. The van der Waals surface area contributed by atoms with E-state index >= 15 is 0 Å². The van der Waals surface area contributed by atoms with E-state index in [2.05, 4.69) is 85.1 Å². The molecule has 0 saturated heterocycles. The molecule has 0 heterocycles. The van der Waals surface area contributed by atoms with Gasteiger partial charge in [0, 0.05) is 0 Å². The maximum Gasteiger partial charge on any atom is 0.305 e. The van der Waals surface area contributed by atoms with Crippen LogP contribution in [-0.4, -0.2) is 260 Å². The molecule has 0 aromatic heterocycles. The van der Waals surface area contributed by atoms with E-state index in [1.165, 1.54) is 34.6 Å². The van der Waals surface area contributed by atoms with E-state index in [9.17, 15) is 91.4 Å². The fourth-order valence-electron chi connectivity index (χ4n) is 13.5. The summed E-state index contributed by atoms with van der Waals surface area (Å²) in [6, 6.07) is -22.0. The lowest BCUT2D eigenvalue weighted by molar-refractivity contribution is -0.140. The average Bonchev–Trinajstić information content (AvgIpc) is 0.858. The lowest BCUT2D eigenvalue weighted by atomic mass is 10.0. The molecule has 0 saturated carbocycles. The third-order valence-corrected chi connectivity index (χ3v) is 20.9. The van der Waals surface area contributed by atoms with Gasteiger partial charge in [0.05, 0.1) is 12.5 Å². The van der Waals surface area contributed by atoms with Crippen LogP contribution in [0.2, 0.25) is 0 Å². The third-order valence-electron chi connectivity index (χ3n) is 20.9. The molecule has 0 spiro atoms. The number of carboxylic acids is 1. The lowest BCUT2D eigenvalue weighted by Crippen LogP contribution is -2.60. The zero-order valence-electron chi connectivity index (χ0n) is 78.5. The van der Waals surface area contributed by atoms with Crippen LogP contribution in [0.15, 0.2) is 0 Å². The fraction of sp³-hybridized carbons (Fsp3) is 0.788. The minimum atomic E-state index is -1.48. The normalized spacial score (nSPS) is 15.3. The zero-order chi connectivity index (χ0) is 98.2. The molecule has 0 aliphatic rings. The molecule has 0 fully saturated rings. The van der Waals surface area contributed by atoms with Crippen LogP contribution < -0.4 is 137 Å². The smallest absolute Gasteiger partial charge is 0.305 e. The number of rotatable bonds is 71. The van der Waals surface area contributed by atoms with Gasteiger partial charge in [0.25, 0.3) is 0 Å². The highest BCUT2D eigenvalue weighted by molar-refractivity contribution is 6.01. The summed E-state index contributed by atoms with van der Waals surface area (Å²) in [5.41, 5.74) is 51.6. The van der Waals surface area contributed by atoms with Gasteiger partial charge in [-0.3, -0.25) is 86.3 Å². The third kappa shape index (κ3) is 50.8. The van der Waals surface area contributed by atoms with Crippen molar-refractivity contribution in [3.8, 4) is 0 Å². The van der Waals surface area contributed by atoms with Crippen LogP contribution in [0.25, 0.3) is 0 Å².